The molecule has 0 aliphatic heterocycles. The molecular formula is C10H19N3O4. The number of urea groups is 1. The van der Waals surface area contributed by atoms with E-state index in [1.165, 1.54) is 6.92 Å². The van der Waals surface area contributed by atoms with Gasteiger partial charge in [-0.2, -0.15) is 0 Å². The van der Waals surface area contributed by atoms with E-state index < -0.39 is 18.0 Å². The molecule has 0 aliphatic rings. The molecule has 0 fully saturated rings. The number of rotatable bonds is 4. The Morgan fingerprint density at radius 1 is 1.24 bits per heavy atom. The summed E-state index contributed by atoms with van der Waals surface area (Å²) in [4.78, 5) is 32.9. The van der Waals surface area contributed by atoms with Crippen molar-refractivity contribution in [3.8, 4) is 0 Å². The number of carbonyl (C=O) groups is 3. The van der Waals surface area contributed by atoms with Gasteiger partial charge in [0.05, 0.1) is 6.54 Å². The topological polar surface area (TPSA) is 108 Å². The van der Waals surface area contributed by atoms with Gasteiger partial charge in [-0.05, 0) is 27.7 Å². The lowest BCUT2D eigenvalue weighted by Gasteiger charge is -2.20. The predicted molar refractivity (Wildman–Crippen MR) is 61.5 cm³/mol. The smallest absolute Gasteiger partial charge is 0.325 e. The Bertz CT molecular complexity index is 309. The van der Waals surface area contributed by atoms with Gasteiger partial charge in [-0.25, -0.2) is 4.79 Å². The molecule has 0 heterocycles. The normalized spacial score (nSPS) is 12.5. The van der Waals surface area contributed by atoms with Crippen molar-refractivity contribution in [2.24, 2.45) is 0 Å². The van der Waals surface area contributed by atoms with Crippen LogP contribution in [0.25, 0.3) is 0 Å². The minimum atomic E-state index is -1.14. The Kier molecular flexibility index (Phi) is 5.43. The summed E-state index contributed by atoms with van der Waals surface area (Å²) in [5, 5.41) is 15.6. The fourth-order valence-electron chi connectivity index (χ4n) is 0.932. The SMILES string of the molecule is C[C@H](NC(=O)NCC(=O)NC(C)(C)C)C(=O)O. The van der Waals surface area contributed by atoms with Crippen LogP contribution in [-0.4, -0.2) is 41.1 Å². The molecule has 17 heavy (non-hydrogen) atoms. The van der Waals surface area contributed by atoms with E-state index in [2.05, 4.69) is 16.0 Å². The number of amides is 3. The first kappa shape index (κ1) is 15.2. The number of carbonyl (C=O) groups excluding carboxylic acids is 2. The van der Waals surface area contributed by atoms with Gasteiger partial charge < -0.3 is 21.1 Å². The van der Waals surface area contributed by atoms with Crippen molar-refractivity contribution in [1.29, 1.82) is 0 Å². The number of hydrogen-bond donors (Lipinski definition) is 4. The molecular weight excluding hydrogens is 226 g/mol. The first-order valence-electron chi connectivity index (χ1n) is 5.20. The molecule has 0 saturated heterocycles. The van der Waals surface area contributed by atoms with Crippen molar-refractivity contribution >= 4 is 17.9 Å². The first-order chi connectivity index (χ1) is 7.61. The van der Waals surface area contributed by atoms with Gasteiger partial charge >= 0.3 is 12.0 Å². The van der Waals surface area contributed by atoms with Gasteiger partial charge in [-0.1, -0.05) is 0 Å². The predicted octanol–water partition coefficient (Wildman–Crippen LogP) is -0.327. The van der Waals surface area contributed by atoms with E-state index in [9.17, 15) is 14.4 Å². The van der Waals surface area contributed by atoms with Crippen LogP contribution < -0.4 is 16.0 Å². The molecule has 0 radical (unpaired) electrons. The highest BCUT2D eigenvalue weighted by atomic mass is 16.4. The molecule has 4 N–H and O–H groups in total. The second-order valence-electron chi connectivity index (χ2n) is 4.69. The molecule has 0 unspecified atom stereocenters. The third-order valence-electron chi connectivity index (χ3n) is 1.64. The van der Waals surface area contributed by atoms with E-state index in [-0.39, 0.29) is 18.0 Å². The van der Waals surface area contributed by atoms with E-state index in [1.54, 1.807) is 0 Å². The van der Waals surface area contributed by atoms with Crippen LogP contribution in [0, 0.1) is 0 Å². The number of aliphatic carboxylic acids is 1. The van der Waals surface area contributed by atoms with Gasteiger partial charge in [0.1, 0.15) is 6.04 Å². The van der Waals surface area contributed by atoms with Crippen LogP contribution in [0.4, 0.5) is 4.79 Å². The van der Waals surface area contributed by atoms with Gasteiger partial charge in [0, 0.05) is 5.54 Å². The van der Waals surface area contributed by atoms with Crippen molar-refractivity contribution in [2.45, 2.75) is 39.3 Å². The minimum absolute atomic E-state index is 0.199. The van der Waals surface area contributed by atoms with Crippen molar-refractivity contribution in [3.05, 3.63) is 0 Å². The van der Waals surface area contributed by atoms with Crippen LogP contribution in [-0.2, 0) is 9.59 Å². The highest BCUT2D eigenvalue weighted by Crippen LogP contribution is 1.96. The van der Waals surface area contributed by atoms with E-state index in [0.29, 0.717) is 0 Å². The second-order valence-corrected chi connectivity index (χ2v) is 4.69. The quantitative estimate of drug-likeness (QED) is 0.544. The van der Waals surface area contributed by atoms with Crippen molar-refractivity contribution in [3.63, 3.8) is 0 Å². The maximum absolute atomic E-state index is 11.3. The zero-order chi connectivity index (χ0) is 13.6. The summed E-state index contributed by atoms with van der Waals surface area (Å²) in [6.45, 7) is 6.58. The molecule has 98 valence electrons. The fourth-order valence-corrected chi connectivity index (χ4v) is 0.932. The molecule has 0 bridgehead atoms. The third kappa shape index (κ3) is 8.06. The molecule has 1 atom stereocenters. The summed E-state index contributed by atoms with van der Waals surface area (Å²) in [5.74, 6) is -1.48. The molecule has 0 aromatic heterocycles. The molecule has 0 rings (SSSR count). The fraction of sp³-hybridized carbons (Fsp3) is 0.700. The van der Waals surface area contributed by atoms with E-state index in [1.807, 2.05) is 20.8 Å². The van der Waals surface area contributed by atoms with E-state index >= 15 is 0 Å². The zero-order valence-electron chi connectivity index (χ0n) is 10.5. The Balaban J connectivity index is 3.93. The summed E-state index contributed by atoms with van der Waals surface area (Å²) in [7, 11) is 0. The number of carboxylic acids is 1. The van der Waals surface area contributed by atoms with E-state index in [4.69, 9.17) is 5.11 Å². The van der Waals surface area contributed by atoms with Crippen molar-refractivity contribution in [2.75, 3.05) is 6.54 Å². The summed E-state index contributed by atoms with van der Waals surface area (Å²) < 4.78 is 0. The van der Waals surface area contributed by atoms with E-state index in [0.717, 1.165) is 0 Å². The van der Waals surface area contributed by atoms with Crippen LogP contribution in [0.5, 0.6) is 0 Å². The first-order valence-corrected chi connectivity index (χ1v) is 5.20. The monoisotopic (exact) mass is 245 g/mol. The van der Waals surface area contributed by atoms with Crippen molar-refractivity contribution in [1.82, 2.24) is 16.0 Å². The lowest BCUT2D eigenvalue weighted by molar-refractivity contribution is -0.138. The molecule has 0 spiro atoms. The number of carboxylic acid groups (broad SMARTS) is 1. The maximum atomic E-state index is 11.3. The van der Waals surface area contributed by atoms with Crippen LogP contribution in [0.1, 0.15) is 27.7 Å². The van der Waals surface area contributed by atoms with Gasteiger partial charge in [0.25, 0.3) is 0 Å². The highest BCUT2D eigenvalue weighted by molar-refractivity contribution is 5.86. The van der Waals surface area contributed by atoms with Gasteiger partial charge in [-0.3, -0.25) is 9.59 Å². The Morgan fingerprint density at radius 2 is 1.76 bits per heavy atom. The molecule has 0 aromatic rings. The number of hydrogen-bond acceptors (Lipinski definition) is 3. The third-order valence-corrected chi connectivity index (χ3v) is 1.64. The largest absolute Gasteiger partial charge is 0.480 e. The van der Waals surface area contributed by atoms with Crippen LogP contribution in [0.15, 0.2) is 0 Å². The molecule has 0 aliphatic carbocycles. The second kappa shape index (κ2) is 6.07. The summed E-state index contributed by atoms with van der Waals surface area (Å²) in [6.07, 6.45) is 0. The van der Waals surface area contributed by atoms with Crippen LogP contribution in [0.3, 0.4) is 0 Å². The standard InChI is InChI=1S/C10H19N3O4/c1-6(8(15)16)12-9(17)11-5-7(14)13-10(2,3)4/h6H,5H2,1-4H3,(H,13,14)(H,15,16)(H2,11,12,17)/t6-/m0/s1. The van der Waals surface area contributed by atoms with Gasteiger partial charge in [-0.15, -0.1) is 0 Å². The summed E-state index contributed by atoms with van der Waals surface area (Å²) >= 11 is 0. The molecule has 0 saturated carbocycles. The van der Waals surface area contributed by atoms with Gasteiger partial charge in [0.15, 0.2) is 0 Å². The van der Waals surface area contributed by atoms with Crippen LogP contribution >= 0.6 is 0 Å². The minimum Gasteiger partial charge on any atom is -0.480 e. The summed E-state index contributed by atoms with van der Waals surface area (Å²) in [6, 6.07) is -1.69. The maximum Gasteiger partial charge on any atom is 0.325 e. The van der Waals surface area contributed by atoms with Crippen molar-refractivity contribution < 1.29 is 19.5 Å². The lowest BCUT2D eigenvalue weighted by atomic mass is 10.1. The highest BCUT2D eigenvalue weighted by Gasteiger charge is 2.16. The summed E-state index contributed by atoms with van der Waals surface area (Å²) in [5.41, 5.74) is -0.371. The average Bonchev–Trinajstić information content (AvgIpc) is 2.11. The molecule has 3 amide bonds. The Morgan fingerprint density at radius 3 is 2.18 bits per heavy atom. The van der Waals surface area contributed by atoms with Gasteiger partial charge in [0.2, 0.25) is 5.91 Å². The molecule has 7 heteroatoms. The van der Waals surface area contributed by atoms with Crippen LogP contribution in [0.2, 0.25) is 0 Å². The Hall–Kier alpha value is -1.79. The lowest BCUT2D eigenvalue weighted by Crippen LogP contribution is -2.49. The number of nitrogens with one attached hydrogen (secondary N) is 3. The average molecular weight is 245 g/mol. The molecule has 7 nitrogen and oxygen atoms in total. The molecule has 0 aromatic carbocycles. The zero-order valence-corrected chi connectivity index (χ0v) is 10.5. The Labute approximate surface area is 100.0 Å².